The van der Waals surface area contributed by atoms with Crippen molar-refractivity contribution in [2.24, 2.45) is 0 Å². The Hall–Kier alpha value is -3.52. The van der Waals surface area contributed by atoms with Crippen LogP contribution in [0, 0.1) is 10.1 Å². The van der Waals surface area contributed by atoms with Crippen molar-refractivity contribution in [1.29, 1.82) is 0 Å². The molecule has 0 aliphatic rings. The van der Waals surface area contributed by atoms with Gasteiger partial charge in [0, 0.05) is 17.7 Å². The largest absolute Gasteiger partial charge is 0.458 e. The average Bonchev–Trinajstić information content (AvgIpc) is 2.66. The van der Waals surface area contributed by atoms with E-state index in [9.17, 15) is 24.8 Å². The Morgan fingerprint density at radius 1 is 1.19 bits per heavy atom. The number of nitrogens with zero attached hydrogens (tertiary/aromatic N) is 1. The zero-order valence-electron chi connectivity index (χ0n) is 14.5. The normalized spacial score (nSPS) is 12.1. The summed E-state index contributed by atoms with van der Waals surface area (Å²) >= 11 is 0. The van der Waals surface area contributed by atoms with Crippen molar-refractivity contribution in [2.75, 3.05) is 6.61 Å². The molecule has 140 valence electrons. The van der Waals surface area contributed by atoms with Crippen LogP contribution >= 0.6 is 0 Å². The number of nitrogens with one attached hydrogen (secondary N) is 1. The second-order valence-electron chi connectivity index (χ2n) is 5.67. The maximum absolute atomic E-state index is 12.3. The lowest BCUT2D eigenvalue weighted by Gasteiger charge is -2.11. The van der Waals surface area contributed by atoms with Gasteiger partial charge in [0.15, 0.2) is 0 Å². The molecule has 8 heteroatoms. The van der Waals surface area contributed by atoms with Gasteiger partial charge in [0.05, 0.1) is 11.0 Å². The van der Waals surface area contributed by atoms with E-state index in [0.29, 0.717) is 11.1 Å². The van der Waals surface area contributed by atoms with E-state index in [-0.39, 0.29) is 18.0 Å². The number of carbonyl (C=O) groups excluding carboxylic acids is 2. The van der Waals surface area contributed by atoms with Gasteiger partial charge in [-0.3, -0.25) is 14.9 Å². The van der Waals surface area contributed by atoms with Crippen LogP contribution in [0.1, 0.15) is 22.8 Å². The minimum Gasteiger partial charge on any atom is -0.458 e. The number of benzene rings is 2. The number of non-ortho nitro benzene ring substituents is 1. The van der Waals surface area contributed by atoms with E-state index in [4.69, 9.17) is 4.74 Å². The predicted molar refractivity (Wildman–Crippen MR) is 97.6 cm³/mol. The van der Waals surface area contributed by atoms with Crippen LogP contribution in [0.3, 0.4) is 0 Å². The van der Waals surface area contributed by atoms with Gasteiger partial charge in [-0.2, -0.15) is 0 Å². The first-order chi connectivity index (χ1) is 12.9. The number of amides is 1. The highest BCUT2D eigenvalue weighted by Crippen LogP contribution is 2.15. The molecule has 1 atom stereocenters. The van der Waals surface area contributed by atoms with Crippen LogP contribution in [0.15, 0.2) is 60.3 Å². The van der Waals surface area contributed by atoms with E-state index in [1.807, 2.05) is 0 Å². The molecule has 0 radical (unpaired) electrons. The molecule has 2 rings (SSSR count). The second-order valence-corrected chi connectivity index (χ2v) is 5.67. The summed E-state index contributed by atoms with van der Waals surface area (Å²) in [5, 5.41) is 22.5. The quantitative estimate of drug-likeness (QED) is 0.334. The Labute approximate surface area is 155 Å². The van der Waals surface area contributed by atoms with Crippen molar-refractivity contribution < 1.29 is 24.4 Å². The highest BCUT2D eigenvalue weighted by Gasteiger charge is 2.17. The molecule has 8 nitrogen and oxygen atoms in total. The molecule has 0 saturated carbocycles. The van der Waals surface area contributed by atoms with Crippen LogP contribution in [0.25, 0.3) is 6.08 Å². The number of aliphatic hydroxyl groups excluding tert-OH is 1. The predicted octanol–water partition coefficient (Wildman–Crippen LogP) is 2.29. The fourth-order valence-corrected chi connectivity index (χ4v) is 2.06. The van der Waals surface area contributed by atoms with E-state index < -0.39 is 22.9 Å². The molecule has 2 N–H and O–H groups in total. The summed E-state index contributed by atoms with van der Waals surface area (Å²) < 4.78 is 4.96. The van der Waals surface area contributed by atoms with E-state index in [2.05, 4.69) is 5.32 Å². The second kappa shape index (κ2) is 9.25. The summed E-state index contributed by atoms with van der Waals surface area (Å²) in [7, 11) is 0. The zero-order valence-corrected chi connectivity index (χ0v) is 14.5. The SMILES string of the molecule is CC(O)COC(=O)/C(=C/c1ccc([N+](=O)[O-])cc1)NC(=O)c1ccccc1. The minimum atomic E-state index is -0.862. The molecule has 1 unspecified atom stereocenters. The van der Waals surface area contributed by atoms with Gasteiger partial charge < -0.3 is 15.2 Å². The molecule has 1 amide bonds. The number of nitro groups is 1. The summed E-state index contributed by atoms with van der Waals surface area (Å²) in [6, 6.07) is 13.7. The molecule has 0 spiro atoms. The maximum atomic E-state index is 12.3. The smallest absolute Gasteiger partial charge is 0.354 e. The number of carbonyl (C=O) groups is 2. The van der Waals surface area contributed by atoms with Crippen LogP contribution < -0.4 is 5.32 Å². The highest BCUT2D eigenvalue weighted by atomic mass is 16.6. The van der Waals surface area contributed by atoms with E-state index in [0.717, 1.165) is 0 Å². The van der Waals surface area contributed by atoms with Crippen molar-refractivity contribution in [3.05, 3.63) is 81.5 Å². The van der Waals surface area contributed by atoms with Crippen molar-refractivity contribution in [1.82, 2.24) is 5.32 Å². The molecule has 0 aromatic heterocycles. The molecular weight excluding hydrogens is 352 g/mol. The molecule has 2 aromatic rings. The number of aliphatic hydroxyl groups is 1. The molecule has 27 heavy (non-hydrogen) atoms. The van der Waals surface area contributed by atoms with E-state index in [1.54, 1.807) is 30.3 Å². The van der Waals surface area contributed by atoms with Gasteiger partial charge in [-0.25, -0.2) is 4.79 Å². The van der Waals surface area contributed by atoms with Crippen molar-refractivity contribution in [3.63, 3.8) is 0 Å². The van der Waals surface area contributed by atoms with Gasteiger partial charge in [-0.05, 0) is 42.8 Å². The molecular formula is C19H18N2O6. The van der Waals surface area contributed by atoms with Crippen LogP contribution in [-0.2, 0) is 9.53 Å². The monoisotopic (exact) mass is 370 g/mol. The molecule has 0 bridgehead atoms. The van der Waals surface area contributed by atoms with Crippen molar-refractivity contribution in [3.8, 4) is 0 Å². The van der Waals surface area contributed by atoms with Gasteiger partial charge in [-0.15, -0.1) is 0 Å². The fraction of sp³-hybridized carbons (Fsp3) is 0.158. The van der Waals surface area contributed by atoms with Crippen molar-refractivity contribution in [2.45, 2.75) is 13.0 Å². The van der Waals surface area contributed by atoms with Gasteiger partial charge in [0.25, 0.3) is 11.6 Å². The third kappa shape index (κ3) is 6.05. The standard InChI is InChI=1S/C19H18N2O6/c1-13(22)12-27-19(24)17(20-18(23)15-5-3-2-4-6-15)11-14-7-9-16(10-8-14)21(25)26/h2-11,13,22H,12H2,1H3,(H,20,23)/b17-11-. The number of rotatable bonds is 7. The fourth-order valence-electron chi connectivity index (χ4n) is 2.06. The summed E-state index contributed by atoms with van der Waals surface area (Å²) in [6.07, 6.45) is 0.481. The van der Waals surface area contributed by atoms with E-state index >= 15 is 0 Å². The van der Waals surface area contributed by atoms with Gasteiger partial charge in [0.1, 0.15) is 12.3 Å². The lowest BCUT2D eigenvalue weighted by Crippen LogP contribution is -2.29. The summed E-state index contributed by atoms with van der Waals surface area (Å²) in [5.41, 5.74) is 0.547. The number of ether oxygens (including phenoxy) is 1. The van der Waals surface area contributed by atoms with Gasteiger partial charge >= 0.3 is 5.97 Å². The zero-order chi connectivity index (χ0) is 19.8. The first kappa shape index (κ1) is 19.8. The third-order valence-corrected chi connectivity index (χ3v) is 3.37. The number of esters is 1. The number of hydrogen-bond donors (Lipinski definition) is 2. The summed E-state index contributed by atoms with van der Waals surface area (Å²) in [6.45, 7) is 1.22. The van der Waals surface area contributed by atoms with Crippen LogP contribution in [0.4, 0.5) is 5.69 Å². The molecule has 0 aliphatic heterocycles. The van der Waals surface area contributed by atoms with Crippen molar-refractivity contribution >= 4 is 23.6 Å². The summed E-state index contributed by atoms with van der Waals surface area (Å²) in [5.74, 6) is -1.35. The highest BCUT2D eigenvalue weighted by molar-refractivity contribution is 6.03. The molecule has 0 aliphatic carbocycles. The lowest BCUT2D eigenvalue weighted by atomic mass is 10.1. The Kier molecular flexibility index (Phi) is 6.79. The van der Waals surface area contributed by atoms with Crippen LogP contribution in [0.5, 0.6) is 0 Å². The summed E-state index contributed by atoms with van der Waals surface area (Å²) in [4.78, 5) is 34.8. The maximum Gasteiger partial charge on any atom is 0.354 e. The molecule has 0 heterocycles. The average molecular weight is 370 g/mol. The Morgan fingerprint density at radius 3 is 2.37 bits per heavy atom. The Morgan fingerprint density at radius 2 is 1.81 bits per heavy atom. The molecule has 0 saturated heterocycles. The topological polar surface area (TPSA) is 119 Å². The van der Waals surface area contributed by atoms with E-state index in [1.165, 1.54) is 37.3 Å². The Bertz CT molecular complexity index is 844. The lowest BCUT2D eigenvalue weighted by molar-refractivity contribution is -0.384. The number of hydrogen-bond acceptors (Lipinski definition) is 6. The molecule has 0 fully saturated rings. The van der Waals surface area contributed by atoms with Crippen LogP contribution in [-0.4, -0.2) is 34.6 Å². The third-order valence-electron chi connectivity index (χ3n) is 3.37. The molecule has 2 aromatic carbocycles. The Balaban J connectivity index is 2.26. The first-order valence-electron chi connectivity index (χ1n) is 8.04. The van der Waals surface area contributed by atoms with Gasteiger partial charge in [-0.1, -0.05) is 18.2 Å². The number of nitro benzene ring substituents is 1. The van der Waals surface area contributed by atoms with Crippen LogP contribution in [0.2, 0.25) is 0 Å². The van der Waals surface area contributed by atoms with Gasteiger partial charge in [0.2, 0.25) is 0 Å². The first-order valence-corrected chi connectivity index (χ1v) is 8.04. The minimum absolute atomic E-state index is 0.0984.